The van der Waals surface area contributed by atoms with Crippen molar-refractivity contribution in [3.63, 3.8) is 0 Å². The Kier molecular flexibility index (Phi) is 8.54. The van der Waals surface area contributed by atoms with E-state index in [-0.39, 0.29) is 55.9 Å². The van der Waals surface area contributed by atoms with Crippen molar-refractivity contribution in [2.75, 3.05) is 46.4 Å². The summed E-state index contributed by atoms with van der Waals surface area (Å²) in [5.74, 6) is -1.30. The standard InChI is InChI=1S/C23H28FN3O5S/c1-32-23(29)11-12-25(17-19-7-3-2-4-8-19)18-22(28)26-13-15-27(16-14-26)33(30,31)21-10-6-5-9-20(21)24/h2-10H,11-18H2,1H3. The minimum absolute atomic E-state index is 0.0866. The summed E-state index contributed by atoms with van der Waals surface area (Å²) in [6.07, 6.45) is 0.158. The molecule has 0 aliphatic carbocycles. The normalized spacial score (nSPS) is 14.9. The molecule has 2 aromatic rings. The summed E-state index contributed by atoms with van der Waals surface area (Å²) in [4.78, 5) is 27.6. The number of rotatable bonds is 9. The number of nitrogens with zero attached hydrogens (tertiary/aromatic N) is 3. The van der Waals surface area contributed by atoms with Gasteiger partial charge in [0.05, 0.1) is 20.1 Å². The van der Waals surface area contributed by atoms with Crippen LogP contribution in [0.15, 0.2) is 59.5 Å². The van der Waals surface area contributed by atoms with E-state index in [4.69, 9.17) is 4.74 Å². The van der Waals surface area contributed by atoms with Crippen molar-refractivity contribution in [2.24, 2.45) is 0 Å². The first kappa shape index (κ1) is 24.8. The molecule has 178 valence electrons. The Balaban J connectivity index is 1.60. The highest BCUT2D eigenvalue weighted by Gasteiger charge is 2.32. The molecule has 1 heterocycles. The summed E-state index contributed by atoms with van der Waals surface area (Å²) >= 11 is 0. The SMILES string of the molecule is COC(=O)CCN(CC(=O)N1CCN(S(=O)(=O)c2ccccc2F)CC1)Cc1ccccc1. The highest BCUT2D eigenvalue weighted by Crippen LogP contribution is 2.20. The molecule has 8 nitrogen and oxygen atoms in total. The third kappa shape index (κ3) is 6.59. The number of carbonyl (C=O) groups is 2. The van der Waals surface area contributed by atoms with Gasteiger partial charge >= 0.3 is 5.97 Å². The third-order valence-electron chi connectivity index (χ3n) is 5.51. The molecule has 1 amide bonds. The quantitative estimate of drug-likeness (QED) is 0.511. The first-order valence-electron chi connectivity index (χ1n) is 10.7. The number of benzene rings is 2. The lowest BCUT2D eigenvalue weighted by molar-refractivity contribution is -0.142. The van der Waals surface area contributed by atoms with Crippen LogP contribution in [0, 0.1) is 5.82 Å². The maximum atomic E-state index is 14.0. The van der Waals surface area contributed by atoms with Crippen LogP contribution in [0.1, 0.15) is 12.0 Å². The molecule has 2 aromatic carbocycles. The predicted octanol–water partition coefficient (Wildman–Crippen LogP) is 1.72. The van der Waals surface area contributed by atoms with Crippen LogP contribution in [0.25, 0.3) is 0 Å². The van der Waals surface area contributed by atoms with Crippen molar-refractivity contribution >= 4 is 21.9 Å². The van der Waals surface area contributed by atoms with Gasteiger partial charge in [0.15, 0.2) is 0 Å². The number of carbonyl (C=O) groups excluding carboxylic acids is 2. The van der Waals surface area contributed by atoms with E-state index in [0.717, 1.165) is 11.6 Å². The molecular formula is C23H28FN3O5S. The molecule has 1 aliphatic rings. The molecule has 3 rings (SSSR count). The van der Waals surface area contributed by atoms with E-state index >= 15 is 0 Å². The van der Waals surface area contributed by atoms with Gasteiger partial charge in [0.2, 0.25) is 15.9 Å². The maximum Gasteiger partial charge on any atom is 0.306 e. The first-order chi connectivity index (χ1) is 15.8. The van der Waals surface area contributed by atoms with Gasteiger partial charge in [-0.1, -0.05) is 42.5 Å². The highest BCUT2D eigenvalue weighted by atomic mass is 32.2. The van der Waals surface area contributed by atoms with E-state index in [1.54, 1.807) is 4.90 Å². The molecule has 0 saturated carbocycles. The third-order valence-corrected chi connectivity index (χ3v) is 7.45. The molecule has 0 unspecified atom stereocenters. The summed E-state index contributed by atoms with van der Waals surface area (Å²) in [6.45, 7) is 1.53. The first-order valence-corrected chi connectivity index (χ1v) is 12.1. The maximum absolute atomic E-state index is 14.0. The minimum atomic E-state index is -3.97. The lowest BCUT2D eigenvalue weighted by Gasteiger charge is -2.35. The van der Waals surface area contributed by atoms with Gasteiger partial charge in [-0.15, -0.1) is 0 Å². The van der Waals surface area contributed by atoms with Gasteiger partial charge in [0.25, 0.3) is 0 Å². The van der Waals surface area contributed by atoms with Crippen LogP contribution in [0.2, 0.25) is 0 Å². The molecule has 1 fully saturated rings. The number of methoxy groups -OCH3 is 1. The van der Waals surface area contributed by atoms with Crippen molar-refractivity contribution < 1.29 is 27.1 Å². The number of ether oxygens (including phenoxy) is 1. The topological polar surface area (TPSA) is 87.2 Å². The second-order valence-electron chi connectivity index (χ2n) is 7.74. The molecule has 0 aromatic heterocycles. The Bertz CT molecular complexity index is 1060. The van der Waals surface area contributed by atoms with Crippen molar-refractivity contribution in [3.05, 3.63) is 66.0 Å². The van der Waals surface area contributed by atoms with E-state index in [0.29, 0.717) is 13.1 Å². The van der Waals surface area contributed by atoms with Crippen molar-refractivity contribution in [2.45, 2.75) is 17.9 Å². The summed E-state index contributed by atoms with van der Waals surface area (Å²) < 4.78 is 45.5. The van der Waals surface area contributed by atoms with E-state index in [1.807, 2.05) is 35.2 Å². The Hall–Kier alpha value is -2.82. The van der Waals surface area contributed by atoms with E-state index in [9.17, 15) is 22.4 Å². The lowest BCUT2D eigenvalue weighted by Crippen LogP contribution is -2.52. The zero-order valence-corrected chi connectivity index (χ0v) is 19.3. The zero-order chi connectivity index (χ0) is 23.8. The minimum Gasteiger partial charge on any atom is -0.469 e. The van der Waals surface area contributed by atoms with Crippen LogP contribution >= 0.6 is 0 Å². The van der Waals surface area contributed by atoms with Gasteiger partial charge in [-0.2, -0.15) is 4.31 Å². The van der Waals surface area contributed by atoms with Crippen LogP contribution in [0.4, 0.5) is 4.39 Å². The fourth-order valence-corrected chi connectivity index (χ4v) is 5.16. The molecular weight excluding hydrogens is 449 g/mol. The summed E-state index contributed by atoms with van der Waals surface area (Å²) in [6, 6.07) is 14.9. The molecule has 0 bridgehead atoms. The second-order valence-corrected chi connectivity index (χ2v) is 9.64. The smallest absolute Gasteiger partial charge is 0.306 e. The Morgan fingerprint density at radius 2 is 1.64 bits per heavy atom. The second kappa shape index (κ2) is 11.4. The van der Waals surface area contributed by atoms with Crippen molar-refractivity contribution in [1.29, 1.82) is 0 Å². The number of hydrogen-bond donors (Lipinski definition) is 0. The monoisotopic (exact) mass is 477 g/mol. The van der Waals surface area contributed by atoms with Gasteiger partial charge in [0.1, 0.15) is 10.7 Å². The number of esters is 1. The lowest BCUT2D eigenvalue weighted by atomic mass is 10.2. The van der Waals surface area contributed by atoms with Gasteiger partial charge in [0, 0.05) is 39.3 Å². The van der Waals surface area contributed by atoms with Gasteiger partial charge in [-0.05, 0) is 17.7 Å². The average molecular weight is 478 g/mol. The largest absolute Gasteiger partial charge is 0.469 e. The number of halogens is 1. The number of amides is 1. The molecule has 33 heavy (non-hydrogen) atoms. The molecule has 0 radical (unpaired) electrons. The Morgan fingerprint density at radius 3 is 2.27 bits per heavy atom. The van der Waals surface area contributed by atoms with Gasteiger partial charge in [-0.3, -0.25) is 14.5 Å². The molecule has 1 saturated heterocycles. The predicted molar refractivity (Wildman–Crippen MR) is 120 cm³/mol. The molecule has 0 spiro atoms. The van der Waals surface area contributed by atoms with Gasteiger partial charge in [-0.25, -0.2) is 12.8 Å². The molecule has 0 N–H and O–H groups in total. The van der Waals surface area contributed by atoms with Gasteiger partial charge < -0.3 is 9.64 Å². The number of hydrogen-bond acceptors (Lipinski definition) is 6. The van der Waals surface area contributed by atoms with E-state index in [1.165, 1.54) is 29.6 Å². The Labute approximate surface area is 193 Å². The molecule has 0 atom stereocenters. The van der Waals surface area contributed by atoms with E-state index in [2.05, 4.69) is 0 Å². The number of sulfonamides is 1. The fraction of sp³-hybridized carbons (Fsp3) is 0.391. The van der Waals surface area contributed by atoms with Crippen molar-refractivity contribution in [1.82, 2.24) is 14.1 Å². The van der Waals surface area contributed by atoms with Crippen LogP contribution in [0.5, 0.6) is 0 Å². The van der Waals surface area contributed by atoms with Crippen LogP contribution in [-0.4, -0.2) is 80.8 Å². The average Bonchev–Trinajstić information content (AvgIpc) is 2.83. The summed E-state index contributed by atoms with van der Waals surface area (Å²) in [5.41, 5.74) is 1.01. The van der Waals surface area contributed by atoms with Crippen LogP contribution < -0.4 is 0 Å². The van der Waals surface area contributed by atoms with Crippen LogP contribution in [0.3, 0.4) is 0 Å². The Morgan fingerprint density at radius 1 is 1.00 bits per heavy atom. The molecule has 1 aliphatic heterocycles. The zero-order valence-electron chi connectivity index (χ0n) is 18.5. The summed E-state index contributed by atoms with van der Waals surface area (Å²) in [7, 11) is -2.64. The van der Waals surface area contributed by atoms with Crippen molar-refractivity contribution in [3.8, 4) is 0 Å². The highest BCUT2D eigenvalue weighted by molar-refractivity contribution is 7.89. The van der Waals surface area contributed by atoms with Crippen LogP contribution in [-0.2, 0) is 30.9 Å². The number of piperazine rings is 1. The summed E-state index contributed by atoms with van der Waals surface area (Å²) in [5, 5.41) is 0. The van der Waals surface area contributed by atoms with E-state index < -0.39 is 15.8 Å². The molecule has 10 heteroatoms. The fourth-order valence-electron chi connectivity index (χ4n) is 3.67.